The summed E-state index contributed by atoms with van der Waals surface area (Å²) in [7, 11) is 1.32. The summed E-state index contributed by atoms with van der Waals surface area (Å²) in [6.45, 7) is 1.41. The number of ether oxygens (including phenoxy) is 1. The van der Waals surface area contributed by atoms with Crippen molar-refractivity contribution in [3.63, 3.8) is 0 Å². The fourth-order valence-electron chi connectivity index (χ4n) is 1.34. The molecule has 0 spiro atoms. The molecule has 0 heterocycles. The molecule has 0 aromatic heterocycles. The first-order valence-electron chi connectivity index (χ1n) is 4.58. The molecule has 0 saturated heterocycles. The second-order valence-corrected chi connectivity index (χ2v) is 3.26. The van der Waals surface area contributed by atoms with E-state index in [0.717, 1.165) is 0 Å². The van der Waals surface area contributed by atoms with E-state index in [0.29, 0.717) is 16.7 Å². The normalized spacial score (nSPS) is 12.3. The van der Waals surface area contributed by atoms with Gasteiger partial charge in [0.05, 0.1) is 19.3 Å². The highest BCUT2D eigenvalue weighted by molar-refractivity contribution is 5.90. The van der Waals surface area contributed by atoms with E-state index >= 15 is 0 Å². The van der Waals surface area contributed by atoms with Gasteiger partial charge < -0.3 is 14.9 Å². The molecule has 2 N–H and O–H groups in total. The van der Waals surface area contributed by atoms with Crippen LogP contribution in [0.3, 0.4) is 0 Å². The number of aryl methyl sites for hydroxylation is 1. The minimum atomic E-state index is -0.907. The lowest BCUT2D eigenvalue weighted by atomic mass is 10.0. The zero-order valence-electron chi connectivity index (χ0n) is 8.73. The number of benzene rings is 1. The van der Waals surface area contributed by atoms with Crippen LogP contribution in [0, 0.1) is 6.92 Å². The van der Waals surface area contributed by atoms with Crippen molar-refractivity contribution in [2.45, 2.75) is 13.0 Å². The fourth-order valence-corrected chi connectivity index (χ4v) is 1.34. The molecule has 4 nitrogen and oxygen atoms in total. The Morgan fingerprint density at radius 2 is 2.20 bits per heavy atom. The molecule has 0 aliphatic heterocycles. The zero-order chi connectivity index (χ0) is 11.4. The molecule has 0 aliphatic carbocycles. The van der Waals surface area contributed by atoms with Crippen molar-refractivity contribution in [2.24, 2.45) is 0 Å². The highest BCUT2D eigenvalue weighted by atomic mass is 16.5. The Morgan fingerprint density at radius 1 is 1.53 bits per heavy atom. The molecule has 0 saturated carbocycles. The van der Waals surface area contributed by atoms with Gasteiger partial charge in [-0.2, -0.15) is 0 Å². The third-order valence-corrected chi connectivity index (χ3v) is 2.21. The molecule has 4 heteroatoms. The van der Waals surface area contributed by atoms with Crippen LogP contribution in [0.1, 0.15) is 27.6 Å². The molecule has 1 atom stereocenters. The molecule has 0 radical (unpaired) electrons. The molecule has 1 aromatic rings. The van der Waals surface area contributed by atoms with Crippen LogP contribution < -0.4 is 0 Å². The summed E-state index contributed by atoms with van der Waals surface area (Å²) in [4.78, 5) is 11.3. The van der Waals surface area contributed by atoms with E-state index in [1.54, 1.807) is 25.1 Å². The van der Waals surface area contributed by atoms with Crippen molar-refractivity contribution in [1.82, 2.24) is 0 Å². The summed E-state index contributed by atoms with van der Waals surface area (Å²) in [5.74, 6) is -0.405. The van der Waals surface area contributed by atoms with Crippen LogP contribution in [0.4, 0.5) is 0 Å². The summed E-state index contributed by atoms with van der Waals surface area (Å²) in [5.41, 5.74) is 1.76. The van der Waals surface area contributed by atoms with Crippen LogP contribution >= 0.6 is 0 Å². The maximum absolute atomic E-state index is 11.3. The van der Waals surface area contributed by atoms with Crippen LogP contribution in [-0.4, -0.2) is 29.9 Å². The lowest BCUT2D eigenvalue weighted by Crippen LogP contribution is -2.07. The predicted octanol–water partition coefficient (Wildman–Crippen LogP) is 0.807. The number of methoxy groups -OCH3 is 1. The Hall–Kier alpha value is -1.39. The van der Waals surface area contributed by atoms with Gasteiger partial charge in [-0.3, -0.25) is 0 Å². The topological polar surface area (TPSA) is 66.8 Å². The standard InChI is InChI=1S/C11H14O4/c1-7-5-8(10(13)6-12)3-4-9(7)11(14)15-2/h3-5,10,12-13H,6H2,1-2H3. The quantitative estimate of drug-likeness (QED) is 0.724. The number of aliphatic hydroxyl groups is 2. The fraction of sp³-hybridized carbons (Fsp3) is 0.364. The second-order valence-electron chi connectivity index (χ2n) is 3.26. The van der Waals surface area contributed by atoms with Gasteiger partial charge >= 0.3 is 5.97 Å². The first-order valence-corrected chi connectivity index (χ1v) is 4.58. The smallest absolute Gasteiger partial charge is 0.338 e. The first kappa shape index (κ1) is 11.7. The molecule has 15 heavy (non-hydrogen) atoms. The summed E-state index contributed by atoms with van der Waals surface area (Å²) in [6.07, 6.45) is -0.907. The van der Waals surface area contributed by atoms with Crippen LogP contribution in [0.5, 0.6) is 0 Å². The number of rotatable bonds is 3. The molecular weight excluding hydrogens is 196 g/mol. The number of hydrogen-bond acceptors (Lipinski definition) is 4. The Kier molecular flexibility index (Phi) is 3.82. The molecule has 1 rings (SSSR count). The van der Waals surface area contributed by atoms with Gasteiger partial charge in [0.1, 0.15) is 6.10 Å². The van der Waals surface area contributed by atoms with Crippen molar-refractivity contribution in [3.05, 3.63) is 34.9 Å². The molecule has 82 valence electrons. The zero-order valence-corrected chi connectivity index (χ0v) is 8.73. The number of carbonyl (C=O) groups excluding carboxylic acids is 1. The Balaban J connectivity index is 3.03. The van der Waals surface area contributed by atoms with E-state index in [-0.39, 0.29) is 6.61 Å². The summed E-state index contributed by atoms with van der Waals surface area (Å²) >= 11 is 0. The first-order chi connectivity index (χ1) is 7.10. The van der Waals surface area contributed by atoms with Gasteiger partial charge in [0.2, 0.25) is 0 Å². The van der Waals surface area contributed by atoms with Gasteiger partial charge in [-0.05, 0) is 24.1 Å². The molecular formula is C11H14O4. The molecule has 0 amide bonds. The number of carbonyl (C=O) groups is 1. The van der Waals surface area contributed by atoms with Crippen LogP contribution in [0.25, 0.3) is 0 Å². The van der Waals surface area contributed by atoms with E-state index in [9.17, 15) is 9.90 Å². The van der Waals surface area contributed by atoms with E-state index in [4.69, 9.17) is 5.11 Å². The summed E-state index contributed by atoms with van der Waals surface area (Å²) in [6, 6.07) is 4.84. The van der Waals surface area contributed by atoms with Crippen molar-refractivity contribution >= 4 is 5.97 Å². The van der Waals surface area contributed by atoms with E-state index in [2.05, 4.69) is 4.74 Å². The van der Waals surface area contributed by atoms with Gasteiger partial charge in [0, 0.05) is 0 Å². The minimum absolute atomic E-state index is 0.336. The lowest BCUT2D eigenvalue weighted by molar-refractivity contribution is 0.0599. The maximum Gasteiger partial charge on any atom is 0.338 e. The highest BCUT2D eigenvalue weighted by Crippen LogP contribution is 2.17. The molecule has 1 aromatic carbocycles. The largest absolute Gasteiger partial charge is 0.465 e. The van der Waals surface area contributed by atoms with Gasteiger partial charge in [-0.1, -0.05) is 12.1 Å². The maximum atomic E-state index is 11.3. The van der Waals surface area contributed by atoms with Gasteiger partial charge in [-0.25, -0.2) is 4.79 Å². The van der Waals surface area contributed by atoms with Crippen LogP contribution in [0.2, 0.25) is 0 Å². The average molecular weight is 210 g/mol. The van der Waals surface area contributed by atoms with Gasteiger partial charge in [-0.15, -0.1) is 0 Å². The number of hydrogen-bond donors (Lipinski definition) is 2. The van der Waals surface area contributed by atoms with Crippen molar-refractivity contribution in [3.8, 4) is 0 Å². The Labute approximate surface area is 88.1 Å². The highest BCUT2D eigenvalue weighted by Gasteiger charge is 2.12. The SMILES string of the molecule is COC(=O)c1ccc(C(O)CO)cc1C. The number of esters is 1. The summed E-state index contributed by atoms with van der Waals surface area (Å²) in [5, 5.41) is 18.1. The monoisotopic (exact) mass is 210 g/mol. The van der Waals surface area contributed by atoms with Gasteiger partial charge in [0.15, 0.2) is 0 Å². The molecule has 0 fully saturated rings. The second kappa shape index (κ2) is 4.91. The Bertz CT molecular complexity index is 360. The van der Waals surface area contributed by atoms with E-state index in [1.165, 1.54) is 7.11 Å². The molecule has 1 unspecified atom stereocenters. The van der Waals surface area contributed by atoms with E-state index < -0.39 is 12.1 Å². The van der Waals surface area contributed by atoms with Crippen molar-refractivity contribution in [2.75, 3.05) is 13.7 Å². The van der Waals surface area contributed by atoms with E-state index in [1.807, 2.05) is 0 Å². The Morgan fingerprint density at radius 3 is 2.67 bits per heavy atom. The van der Waals surface area contributed by atoms with Crippen LogP contribution in [0.15, 0.2) is 18.2 Å². The number of aliphatic hydroxyl groups excluding tert-OH is 2. The minimum Gasteiger partial charge on any atom is -0.465 e. The van der Waals surface area contributed by atoms with Crippen molar-refractivity contribution < 1.29 is 19.7 Å². The predicted molar refractivity (Wildman–Crippen MR) is 54.6 cm³/mol. The average Bonchev–Trinajstić information content (AvgIpc) is 2.26. The third-order valence-electron chi connectivity index (χ3n) is 2.21. The lowest BCUT2D eigenvalue weighted by Gasteiger charge is -2.10. The molecule has 0 aliphatic rings. The van der Waals surface area contributed by atoms with Crippen molar-refractivity contribution in [1.29, 1.82) is 0 Å². The van der Waals surface area contributed by atoms with Gasteiger partial charge in [0.25, 0.3) is 0 Å². The molecule has 0 bridgehead atoms. The summed E-state index contributed by atoms with van der Waals surface area (Å²) < 4.78 is 4.59. The third kappa shape index (κ3) is 2.55. The van der Waals surface area contributed by atoms with Crippen LogP contribution in [-0.2, 0) is 4.74 Å².